The van der Waals surface area contributed by atoms with Crippen molar-refractivity contribution in [2.45, 2.75) is 26.4 Å². The molecule has 2 aromatic rings. The van der Waals surface area contributed by atoms with Crippen LogP contribution in [0.3, 0.4) is 0 Å². The molecule has 0 aliphatic rings. The molecule has 7 nitrogen and oxygen atoms in total. The molecule has 2 rings (SSSR count). The Hall–Kier alpha value is -2.70. The number of carbonyl (C=O) groups excluding carboxylic acids is 1. The molecular weight excluding hydrogens is 270 g/mol. The summed E-state index contributed by atoms with van der Waals surface area (Å²) < 4.78 is 1.10. The number of amides is 1. The van der Waals surface area contributed by atoms with Gasteiger partial charge in [-0.2, -0.15) is 5.10 Å². The fraction of sp³-hybridized carbons (Fsp3) is 0.286. The van der Waals surface area contributed by atoms with Crippen molar-refractivity contribution in [2.75, 3.05) is 5.73 Å². The highest BCUT2D eigenvalue weighted by molar-refractivity contribution is 5.76. The fourth-order valence-electron chi connectivity index (χ4n) is 1.87. The third kappa shape index (κ3) is 3.44. The molecule has 7 heteroatoms. The predicted octanol–water partition coefficient (Wildman–Crippen LogP) is 0.406. The molecule has 1 amide bonds. The molecule has 0 saturated heterocycles. The average Bonchev–Trinajstić information content (AvgIpc) is 2.49. The SMILES string of the molecule is Cc1c(N)cnn(CC(=O)N[C@@H](C)c2ccncc2)c1=O. The van der Waals surface area contributed by atoms with E-state index >= 15 is 0 Å². The number of anilines is 1. The van der Waals surface area contributed by atoms with Crippen LogP contribution in [0.5, 0.6) is 0 Å². The van der Waals surface area contributed by atoms with Gasteiger partial charge in [0, 0.05) is 18.0 Å². The normalized spacial score (nSPS) is 11.9. The predicted molar refractivity (Wildman–Crippen MR) is 78.4 cm³/mol. The summed E-state index contributed by atoms with van der Waals surface area (Å²) >= 11 is 0. The first-order valence-electron chi connectivity index (χ1n) is 6.50. The van der Waals surface area contributed by atoms with Gasteiger partial charge in [-0.05, 0) is 31.5 Å². The van der Waals surface area contributed by atoms with Crippen LogP contribution in [-0.4, -0.2) is 20.7 Å². The molecule has 0 spiro atoms. The van der Waals surface area contributed by atoms with Crippen molar-refractivity contribution >= 4 is 11.6 Å². The summed E-state index contributed by atoms with van der Waals surface area (Å²) in [5, 5.41) is 6.68. The zero-order chi connectivity index (χ0) is 15.4. The lowest BCUT2D eigenvalue weighted by atomic mass is 10.1. The van der Waals surface area contributed by atoms with E-state index in [-0.39, 0.29) is 24.1 Å². The van der Waals surface area contributed by atoms with E-state index in [1.165, 1.54) is 6.20 Å². The lowest BCUT2D eigenvalue weighted by molar-refractivity contribution is -0.122. The Morgan fingerprint density at radius 3 is 2.76 bits per heavy atom. The van der Waals surface area contributed by atoms with Crippen LogP contribution in [0.1, 0.15) is 24.1 Å². The van der Waals surface area contributed by atoms with Gasteiger partial charge in [-0.3, -0.25) is 14.6 Å². The summed E-state index contributed by atoms with van der Waals surface area (Å²) in [6.45, 7) is 3.32. The van der Waals surface area contributed by atoms with E-state index in [1.54, 1.807) is 19.3 Å². The molecule has 2 heterocycles. The van der Waals surface area contributed by atoms with Gasteiger partial charge in [-0.15, -0.1) is 0 Å². The van der Waals surface area contributed by atoms with E-state index < -0.39 is 0 Å². The number of carbonyl (C=O) groups is 1. The molecular formula is C14H17N5O2. The second kappa shape index (κ2) is 6.17. The highest BCUT2D eigenvalue weighted by atomic mass is 16.2. The van der Waals surface area contributed by atoms with Crippen molar-refractivity contribution in [1.82, 2.24) is 20.1 Å². The van der Waals surface area contributed by atoms with E-state index in [2.05, 4.69) is 15.4 Å². The van der Waals surface area contributed by atoms with E-state index in [0.29, 0.717) is 11.3 Å². The van der Waals surface area contributed by atoms with E-state index in [9.17, 15) is 9.59 Å². The molecule has 21 heavy (non-hydrogen) atoms. The molecule has 0 fully saturated rings. The minimum atomic E-state index is -0.360. The summed E-state index contributed by atoms with van der Waals surface area (Å²) in [5.74, 6) is -0.293. The molecule has 0 radical (unpaired) electrons. The van der Waals surface area contributed by atoms with Crippen LogP contribution in [-0.2, 0) is 11.3 Å². The number of nitrogens with two attached hydrogens (primary N) is 1. The van der Waals surface area contributed by atoms with E-state index in [0.717, 1.165) is 10.2 Å². The molecule has 0 aliphatic carbocycles. The van der Waals surface area contributed by atoms with Crippen molar-refractivity contribution in [3.8, 4) is 0 Å². The molecule has 0 aromatic carbocycles. The van der Waals surface area contributed by atoms with Crippen molar-refractivity contribution in [1.29, 1.82) is 0 Å². The summed E-state index contributed by atoms with van der Waals surface area (Å²) in [6, 6.07) is 3.47. The van der Waals surface area contributed by atoms with Crippen LogP contribution in [0.2, 0.25) is 0 Å². The van der Waals surface area contributed by atoms with Crippen LogP contribution in [0.15, 0.2) is 35.5 Å². The Labute approximate surface area is 121 Å². The number of hydrogen-bond donors (Lipinski definition) is 2. The Balaban J connectivity index is 2.06. The molecule has 0 aliphatic heterocycles. The average molecular weight is 287 g/mol. The number of nitrogen functional groups attached to an aromatic ring is 1. The van der Waals surface area contributed by atoms with Gasteiger partial charge < -0.3 is 11.1 Å². The molecule has 0 bridgehead atoms. The van der Waals surface area contributed by atoms with Gasteiger partial charge in [0.05, 0.1) is 17.9 Å². The van der Waals surface area contributed by atoms with Gasteiger partial charge in [0.25, 0.3) is 5.56 Å². The van der Waals surface area contributed by atoms with E-state index in [4.69, 9.17) is 5.73 Å². The zero-order valence-corrected chi connectivity index (χ0v) is 11.9. The quantitative estimate of drug-likeness (QED) is 0.847. The minimum absolute atomic E-state index is 0.143. The van der Waals surface area contributed by atoms with Crippen LogP contribution in [0, 0.1) is 6.92 Å². The Morgan fingerprint density at radius 1 is 1.43 bits per heavy atom. The summed E-state index contributed by atoms with van der Waals surface area (Å²) in [5.41, 5.74) is 6.88. The highest BCUT2D eigenvalue weighted by Gasteiger charge is 2.12. The molecule has 0 saturated carbocycles. The van der Waals surface area contributed by atoms with Crippen molar-refractivity contribution in [3.05, 3.63) is 52.2 Å². The maximum atomic E-state index is 12.0. The summed E-state index contributed by atoms with van der Waals surface area (Å²) in [6.07, 6.45) is 4.69. The molecule has 0 unspecified atom stereocenters. The Kier molecular flexibility index (Phi) is 4.32. The second-order valence-electron chi connectivity index (χ2n) is 4.76. The molecule has 3 N–H and O–H groups in total. The molecule has 1 atom stereocenters. The van der Waals surface area contributed by atoms with Crippen molar-refractivity contribution in [3.63, 3.8) is 0 Å². The first kappa shape index (κ1) is 14.7. The largest absolute Gasteiger partial charge is 0.397 e. The van der Waals surface area contributed by atoms with Gasteiger partial charge >= 0.3 is 0 Å². The lowest BCUT2D eigenvalue weighted by Crippen LogP contribution is -2.35. The van der Waals surface area contributed by atoms with Gasteiger partial charge in [-0.1, -0.05) is 0 Å². The third-order valence-electron chi connectivity index (χ3n) is 3.20. The van der Waals surface area contributed by atoms with Crippen LogP contribution >= 0.6 is 0 Å². The number of hydrogen-bond acceptors (Lipinski definition) is 5. The van der Waals surface area contributed by atoms with Gasteiger partial charge in [0.15, 0.2) is 0 Å². The number of nitrogens with one attached hydrogen (secondary N) is 1. The van der Waals surface area contributed by atoms with E-state index in [1.807, 2.05) is 19.1 Å². The van der Waals surface area contributed by atoms with Crippen LogP contribution < -0.4 is 16.6 Å². The van der Waals surface area contributed by atoms with Crippen LogP contribution in [0.25, 0.3) is 0 Å². The second-order valence-corrected chi connectivity index (χ2v) is 4.76. The highest BCUT2D eigenvalue weighted by Crippen LogP contribution is 2.09. The molecule has 110 valence electrons. The number of pyridine rings is 1. The van der Waals surface area contributed by atoms with Crippen molar-refractivity contribution < 1.29 is 4.79 Å². The van der Waals surface area contributed by atoms with Gasteiger partial charge in [0.1, 0.15) is 6.54 Å². The standard InChI is InChI=1S/C14H17N5O2/c1-9-12(15)7-17-19(14(9)21)8-13(20)18-10(2)11-3-5-16-6-4-11/h3-7,10H,8,15H2,1-2H3,(H,18,20)/t10-/m0/s1. The third-order valence-corrected chi connectivity index (χ3v) is 3.20. The Morgan fingerprint density at radius 2 is 2.10 bits per heavy atom. The first-order chi connectivity index (χ1) is 9.99. The maximum absolute atomic E-state index is 12.0. The van der Waals surface area contributed by atoms with Gasteiger partial charge in [-0.25, -0.2) is 4.68 Å². The summed E-state index contributed by atoms with van der Waals surface area (Å²) in [4.78, 5) is 27.8. The Bertz CT molecular complexity index is 696. The molecule has 2 aromatic heterocycles. The maximum Gasteiger partial charge on any atom is 0.272 e. The zero-order valence-electron chi connectivity index (χ0n) is 11.9. The number of rotatable bonds is 4. The topological polar surface area (TPSA) is 103 Å². The monoisotopic (exact) mass is 287 g/mol. The number of nitrogens with zero attached hydrogens (tertiary/aromatic N) is 3. The summed E-state index contributed by atoms with van der Waals surface area (Å²) in [7, 11) is 0. The minimum Gasteiger partial charge on any atom is -0.397 e. The first-order valence-corrected chi connectivity index (χ1v) is 6.50. The van der Waals surface area contributed by atoms with Gasteiger partial charge in [0.2, 0.25) is 5.91 Å². The van der Waals surface area contributed by atoms with Crippen LogP contribution in [0.4, 0.5) is 5.69 Å². The smallest absolute Gasteiger partial charge is 0.272 e. The number of aromatic nitrogens is 3. The lowest BCUT2D eigenvalue weighted by Gasteiger charge is -2.14. The fourth-order valence-corrected chi connectivity index (χ4v) is 1.87. The van der Waals surface area contributed by atoms with Crippen molar-refractivity contribution in [2.24, 2.45) is 0 Å².